The number of hydrogen-bond acceptors (Lipinski definition) is 3. The minimum Gasteiger partial charge on any atom is -0.366 e. The van der Waals surface area contributed by atoms with Gasteiger partial charge in [-0.1, -0.05) is 30.3 Å². The first-order chi connectivity index (χ1) is 11.1. The summed E-state index contributed by atoms with van der Waals surface area (Å²) in [5.74, 6) is -1.15. The van der Waals surface area contributed by atoms with Crippen LogP contribution < -0.4 is 16.4 Å². The lowest BCUT2D eigenvalue weighted by molar-refractivity contribution is -0.120. The summed E-state index contributed by atoms with van der Waals surface area (Å²) in [7, 11) is 0. The quantitative estimate of drug-likeness (QED) is 0.736. The first kappa shape index (κ1) is 16.2. The van der Waals surface area contributed by atoms with Crippen molar-refractivity contribution >= 4 is 17.7 Å². The summed E-state index contributed by atoms with van der Waals surface area (Å²) in [6.07, 6.45) is 0. The third kappa shape index (κ3) is 4.96. The van der Waals surface area contributed by atoms with Crippen molar-refractivity contribution < 1.29 is 14.4 Å². The third-order valence-corrected chi connectivity index (χ3v) is 3.15. The van der Waals surface area contributed by atoms with Gasteiger partial charge in [-0.15, -0.1) is 0 Å². The zero-order chi connectivity index (χ0) is 16.7. The number of rotatable bonds is 6. The van der Waals surface area contributed by atoms with Crippen LogP contribution in [0.3, 0.4) is 0 Å². The van der Waals surface area contributed by atoms with Gasteiger partial charge in [-0.25, -0.2) is 0 Å². The summed E-state index contributed by atoms with van der Waals surface area (Å²) in [5, 5.41) is 5.21. The Labute approximate surface area is 133 Å². The molecule has 0 saturated heterocycles. The molecule has 2 aromatic rings. The summed E-state index contributed by atoms with van der Waals surface area (Å²) < 4.78 is 0. The van der Waals surface area contributed by atoms with E-state index in [1.54, 1.807) is 48.5 Å². The molecule has 0 radical (unpaired) electrons. The molecule has 0 aliphatic rings. The highest BCUT2D eigenvalue weighted by molar-refractivity contribution is 5.96. The van der Waals surface area contributed by atoms with Crippen LogP contribution in [0, 0.1) is 0 Å². The fourth-order valence-corrected chi connectivity index (χ4v) is 1.95. The Morgan fingerprint density at radius 2 is 1.57 bits per heavy atom. The van der Waals surface area contributed by atoms with Gasteiger partial charge in [0.25, 0.3) is 5.91 Å². The van der Waals surface area contributed by atoms with Gasteiger partial charge in [-0.3, -0.25) is 14.4 Å². The van der Waals surface area contributed by atoms with Gasteiger partial charge < -0.3 is 16.4 Å². The van der Waals surface area contributed by atoms with Crippen LogP contribution in [0.25, 0.3) is 0 Å². The number of carbonyl (C=O) groups excluding carboxylic acids is 3. The second-order valence-corrected chi connectivity index (χ2v) is 4.89. The molecule has 23 heavy (non-hydrogen) atoms. The van der Waals surface area contributed by atoms with Crippen molar-refractivity contribution in [3.63, 3.8) is 0 Å². The van der Waals surface area contributed by atoms with Crippen molar-refractivity contribution in [3.05, 3.63) is 71.3 Å². The second kappa shape index (κ2) is 7.74. The van der Waals surface area contributed by atoms with Crippen LogP contribution in [0.1, 0.15) is 26.3 Å². The smallest absolute Gasteiger partial charge is 0.251 e. The van der Waals surface area contributed by atoms with Crippen LogP contribution in [0.5, 0.6) is 0 Å². The van der Waals surface area contributed by atoms with Crippen LogP contribution in [0.4, 0.5) is 0 Å². The summed E-state index contributed by atoms with van der Waals surface area (Å²) in [4.78, 5) is 34.6. The van der Waals surface area contributed by atoms with Gasteiger partial charge >= 0.3 is 0 Å². The van der Waals surface area contributed by atoms with E-state index in [4.69, 9.17) is 5.73 Å². The second-order valence-electron chi connectivity index (χ2n) is 4.89. The van der Waals surface area contributed by atoms with E-state index in [-0.39, 0.29) is 24.9 Å². The van der Waals surface area contributed by atoms with Crippen LogP contribution in [-0.2, 0) is 11.3 Å². The fraction of sp³-hybridized carbons (Fsp3) is 0.118. The molecule has 0 atom stereocenters. The Morgan fingerprint density at radius 3 is 2.26 bits per heavy atom. The first-order valence-electron chi connectivity index (χ1n) is 7.05. The summed E-state index contributed by atoms with van der Waals surface area (Å²) in [6, 6.07) is 15.3. The highest BCUT2D eigenvalue weighted by atomic mass is 16.2. The van der Waals surface area contributed by atoms with Gasteiger partial charge in [-0.2, -0.15) is 0 Å². The highest BCUT2D eigenvalue weighted by Crippen LogP contribution is 2.04. The van der Waals surface area contributed by atoms with Gasteiger partial charge in [0.1, 0.15) is 0 Å². The van der Waals surface area contributed by atoms with E-state index in [0.29, 0.717) is 11.1 Å². The minimum absolute atomic E-state index is 0.122. The number of nitrogens with two attached hydrogens (primary N) is 1. The van der Waals surface area contributed by atoms with Crippen molar-refractivity contribution in [2.75, 3.05) is 6.54 Å². The molecule has 4 N–H and O–H groups in total. The maximum absolute atomic E-state index is 11.8. The average molecular weight is 311 g/mol. The van der Waals surface area contributed by atoms with Crippen LogP contribution >= 0.6 is 0 Å². The van der Waals surface area contributed by atoms with Gasteiger partial charge in [0, 0.05) is 17.7 Å². The Morgan fingerprint density at radius 1 is 0.870 bits per heavy atom. The SMILES string of the molecule is NC(=O)c1cccc(CNC(=O)CNC(=O)c2ccccc2)c1. The largest absolute Gasteiger partial charge is 0.366 e. The Bertz CT molecular complexity index is 714. The topological polar surface area (TPSA) is 101 Å². The van der Waals surface area contributed by atoms with Crippen molar-refractivity contribution in [2.24, 2.45) is 5.73 Å². The molecule has 0 fully saturated rings. The third-order valence-electron chi connectivity index (χ3n) is 3.15. The standard InChI is InChI=1S/C17H17N3O3/c18-16(22)14-8-4-5-12(9-14)10-19-15(21)11-20-17(23)13-6-2-1-3-7-13/h1-9H,10-11H2,(H2,18,22)(H,19,21)(H,20,23). The molecule has 3 amide bonds. The lowest BCUT2D eigenvalue weighted by Gasteiger charge is -2.08. The molecule has 6 nitrogen and oxygen atoms in total. The zero-order valence-electron chi connectivity index (χ0n) is 12.4. The molecule has 6 heteroatoms. The fourth-order valence-electron chi connectivity index (χ4n) is 1.95. The number of primary amides is 1. The predicted octanol–water partition coefficient (Wildman–Crippen LogP) is 0.832. The van der Waals surface area contributed by atoms with E-state index in [1.807, 2.05) is 6.07 Å². The number of benzene rings is 2. The molecule has 0 aromatic heterocycles. The lowest BCUT2D eigenvalue weighted by Crippen LogP contribution is -2.36. The molecule has 0 saturated carbocycles. The molecule has 118 valence electrons. The molecule has 0 aliphatic carbocycles. The first-order valence-corrected chi connectivity index (χ1v) is 7.05. The van der Waals surface area contributed by atoms with Gasteiger partial charge in [0.15, 0.2) is 0 Å². The van der Waals surface area contributed by atoms with Crippen molar-refractivity contribution in [2.45, 2.75) is 6.54 Å². The maximum atomic E-state index is 11.8. The normalized spacial score (nSPS) is 9.91. The number of hydrogen-bond donors (Lipinski definition) is 3. The Balaban J connectivity index is 1.80. The molecule has 0 unspecified atom stereocenters. The lowest BCUT2D eigenvalue weighted by atomic mass is 10.1. The van der Waals surface area contributed by atoms with Crippen molar-refractivity contribution in [3.8, 4) is 0 Å². The van der Waals surface area contributed by atoms with Crippen molar-refractivity contribution in [1.29, 1.82) is 0 Å². The molecular weight excluding hydrogens is 294 g/mol. The maximum Gasteiger partial charge on any atom is 0.251 e. The van der Waals surface area contributed by atoms with Gasteiger partial charge in [0.05, 0.1) is 6.54 Å². The van der Waals surface area contributed by atoms with E-state index in [1.165, 1.54) is 0 Å². The minimum atomic E-state index is -0.520. The van der Waals surface area contributed by atoms with E-state index >= 15 is 0 Å². The molecule has 0 spiro atoms. The predicted molar refractivity (Wildman–Crippen MR) is 85.6 cm³/mol. The van der Waals surface area contributed by atoms with E-state index in [2.05, 4.69) is 10.6 Å². The number of nitrogens with one attached hydrogen (secondary N) is 2. The van der Waals surface area contributed by atoms with Crippen LogP contribution in [0.2, 0.25) is 0 Å². The average Bonchev–Trinajstić information content (AvgIpc) is 2.58. The molecule has 0 aliphatic heterocycles. The Kier molecular flexibility index (Phi) is 5.46. The number of carbonyl (C=O) groups is 3. The van der Waals surface area contributed by atoms with Crippen LogP contribution in [-0.4, -0.2) is 24.3 Å². The number of amides is 3. The molecule has 0 heterocycles. The van der Waals surface area contributed by atoms with Gasteiger partial charge in [0.2, 0.25) is 11.8 Å². The van der Waals surface area contributed by atoms with E-state index in [9.17, 15) is 14.4 Å². The van der Waals surface area contributed by atoms with Crippen LogP contribution in [0.15, 0.2) is 54.6 Å². The summed E-state index contributed by atoms with van der Waals surface area (Å²) >= 11 is 0. The summed E-state index contributed by atoms with van der Waals surface area (Å²) in [5.41, 5.74) is 6.83. The van der Waals surface area contributed by atoms with Crippen molar-refractivity contribution in [1.82, 2.24) is 10.6 Å². The summed E-state index contributed by atoms with van der Waals surface area (Å²) in [6.45, 7) is 0.129. The van der Waals surface area contributed by atoms with Gasteiger partial charge in [-0.05, 0) is 29.8 Å². The molecule has 0 bridgehead atoms. The zero-order valence-corrected chi connectivity index (χ0v) is 12.4. The van der Waals surface area contributed by atoms with E-state index < -0.39 is 5.91 Å². The monoisotopic (exact) mass is 311 g/mol. The van der Waals surface area contributed by atoms with E-state index in [0.717, 1.165) is 5.56 Å². The highest BCUT2D eigenvalue weighted by Gasteiger charge is 2.07. The Hall–Kier alpha value is -3.15. The molecular formula is C17H17N3O3. The molecule has 2 rings (SSSR count). The molecule has 2 aromatic carbocycles.